The molecule has 25 heavy (non-hydrogen) atoms. The van der Waals surface area contributed by atoms with Crippen LogP contribution in [0.25, 0.3) is 0 Å². The fourth-order valence-electron chi connectivity index (χ4n) is 3.24. The number of aromatic nitrogens is 1. The molecule has 5 nitrogen and oxygen atoms in total. The number of aryl methyl sites for hydroxylation is 1. The molecule has 0 atom stereocenters. The van der Waals surface area contributed by atoms with E-state index in [1.807, 2.05) is 6.92 Å². The van der Waals surface area contributed by atoms with Crippen molar-refractivity contribution >= 4 is 28.3 Å². The maximum Gasteiger partial charge on any atom is 0.245 e. The lowest BCUT2D eigenvalue weighted by molar-refractivity contribution is -0.135. The van der Waals surface area contributed by atoms with Crippen LogP contribution in [0.5, 0.6) is 0 Å². The fourth-order valence-corrected chi connectivity index (χ4v) is 3.92. The number of carbonyl (C=O) groups excluding carboxylic acids is 2. The molecular weight excluding hydrogens is 334 g/mol. The SMILES string of the molecule is Cc1cnc(NC(=O)CN(CCC(C)C)C(=O)CCC2CCCC2)s1. The zero-order valence-corrected chi connectivity index (χ0v) is 16.5. The van der Waals surface area contributed by atoms with E-state index in [0.717, 1.165) is 17.7 Å². The van der Waals surface area contributed by atoms with Gasteiger partial charge in [-0.05, 0) is 31.6 Å². The van der Waals surface area contributed by atoms with Gasteiger partial charge in [0.05, 0.1) is 6.54 Å². The second-order valence-corrected chi connectivity index (χ2v) is 8.75. The van der Waals surface area contributed by atoms with Crippen LogP contribution in [0.4, 0.5) is 5.13 Å². The minimum absolute atomic E-state index is 0.109. The van der Waals surface area contributed by atoms with E-state index in [2.05, 4.69) is 24.1 Å². The highest BCUT2D eigenvalue weighted by Crippen LogP contribution is 2.28. The largest absolute Gasteiger partial charge is 0.333 e. The van der Waals surface area contributed by atoms with Crippen molar-refractivity contribution in [3.8, 4) is 0 Å². The van der Waals surface area contributed by atoms with Crippen molar-refractivity contribution < 1.29 is 9.59 Å². The minimum atomic E-state index is -0.160. The molecule has 1 N–H and O–H groups in total. The topological polar surface area (TPSA) is 62.3 Å². The van der Waals surface area contributed by atoms with E-state index < -0.39 is 0 Å². The fraction of sp³-hybridized carbons (Fsp3) is 0.737. The van der Waals surface area contributed by atoms with Gasteiger partial charge in [0.15, 0.2) is 5.13 Å². The van der Waals surface area contributed by atoms with E-state index in [9.17, 15) is 9.59 Å². The molecule has 1 aliphatic rings. The van der Waals surface area contributed by atoms with Gasteiger partial charge in [-0.2, -0.15) is 0 Å². The third-order valence-corrected chi connectivity index (χ3v) is 5.60. The molecule has 0 spiro atoms. The molecule has 2 rings (SSSR count). The molecule has 1 heterocycles. The summed E-state index contributed by atoms with van der Waals surface area (Å²) in [4.78, 5) is 31.9. The smallest absolute Gasteiger partial charge is 0.245 e. The third-order valence-electron chi connectivity index (χ3n) is 4.77. The highest BCUT2D eigenvalue weighted by Gasteiger charge is 2.21. The molecule has 140 valence electrons. The normalized spacial score (nSPS) is 14.9. The van der Waals surface area contributed by atoms with Gasteiger partial charge < -0.3 is 10.2 Å². The zero-order valence-electron chi connectivity index (χ0n) is 15.7. The van der Waals surface area contributed by atoms with Crippen LogP contribution in [0.3, 0.4) is 0 Å². The number of anilines is 1. The van der Waals surface area contributed by atoms with Crippen LogP contribution in [0.15, 0.2) is 6.20 Å². The van der Waals surface area contributed by atoms with Crippen molar-refractivity contribution in [2.45, 2.75) is 65.7 Å². The Morgan fingerprint density at radius 1 is 1.36 bits per heavy atom. The van der Waals surface area contributed by atoms with Crippen LogP contribution in [-0.2, 0) is 9.59 Å². The van der Waals surface area contributed by atoms with Crippen LogP contribution in [0.2, 0.25) is 0 Å². The van der Waals surface area contributed by atoms with Crippen LogP contribution < -0.4 is 5.32 Å². The average Bonchev–Trinajstić information content (AvgIpc) is 3.20. The van der Waals surface area contributed by atoms with Crippen molar-refractivity contribution in [3.05, 3.63) is 11.1 Å². The Morgan fingerprint density at radius 2 is 2.08 bits per heavy atom. The summed E-state index contributed by atoms with van der Waals surface area (Å²) >= 11 is 1.45. The molecule has 0 unspecified atom stereocenters. The summed E-state index contributed by atoms with van der Waals surface area (Å²) in [5.41, 5.74) is 0. The van der Waals surface area contributed by atoms with Gasteiger partial charge in [-0.1, -0.05) is 39.5 Å². The van der Waals surface area contributed by atoms with E-state index >= 15 is 0 Å². The summed E-state index contributed by atoms with van der Waals surface area (Å²) in [7, 11) is 0. The number of nitrogens with one attached hydrogen (secondary N) is 1. The number of hydrogen-bond acceptors (Lipinski definition) is 4. The zero-order chi connectivity index (χ0) is 18.2. The molecule has 1 aromatic heterocycles. The summed E-state index contributed by atoms with van der Waals surface area (Å²) in [6.45, 7) is 6.99. The quantitative estimate of drug-likeness (QED) is 0.712. The lowest BCUT2D eigenvalue weighted by Gasteiger charge is -2.23. The molecule has 1 fully saturated rings. The Bertz CT molecular complexity index is 565. The van der Waals surface area contributed by atoms with Crippen molar-refractivity contribution in [3.63, 3.8) is 0 Å². The van der Waals surface area contributed by atoms with E-state index in [1.54, 1.807) is 11.1 Å². The summed E-state index contributed by atoms with van der Waals surface area (Å²) in [5.74, 6) is 1.16. The highest BCUT2D eigenvalue weighted by molar-refractivity contribution is 7.15. The Balaban J connectivity index is 1.86. The average molecular weight is 366 g/mol. The van der Waals surface area contributed by atoms with E-state index in [4.69, 9.17) is 0 Å². The number of amides is 2. The van der Waals surface area contributed by atoms with Gasteiger partial charge in [-0.15, -0.1) is 11.3 Å². The van der Waals surface area contributed by atoms with E-state index in [0.29, 0.717) is 29.9 Å². The monoisotopic (exact) mass is 365 g/mol. The van der Waals surface area contributed by atoms with Crippen LogP contribution in [0.1, 0.15) is 63.7 Å². The first-order chi connectivity index (χ1) is 11.9. The maximum atomic E-state index is 12.6. The molecular formula is C19H31N3O2S. The molecule has 0 aliphatic heterocycles. The van der Waals surface area contributed by atoms with Crippen molar-refractivity contribution in [1.82, 2.24) is 9.88 Å². The van der Waals surface area contributed by atoms with Crippen LogP contribution in [-0.4, -0.2) is 34.8 Å². The summed E-state index contributed by atoms with van der Waals surface area (Å²) in [5, 5.41) is 3.41. The number of carbonyl (C=O) groups is 2. The number of hydrogen-bond donors (Lipinski definition) is 1. The summed E-state index contributed by atoms with van der Waals surface area (Å²) < 4.78 is 0. The van der Waals surface area contributed by atoms with Crippen molar-refractivity contribution in [1.29, 1.82) is 0 Å². The second kappa shape index (κ2) is 9.90. The van der Waals surface area contributed by atoms with Gasteiger partial charge in [0.1, 0.15) is 0 Å². The third kappa shape index (κ3) is 7.14. The predicted octanol–water partition coefficient (Wildman–Crippen LogP) is 4.24. The standard InChI is InChI=1S/C19H31N3O2S/c1-14(2)10-11-22(18(24)9-8-16-6-4-5-7-16)13-17(23)21-19-20-12-15(3)25-19/h12,14,16H,4-11,13H2,1-3H3,(H,20,21,23). The summed E-state index contributed by atoms with van der Waals surface area (Å²) in [6.07, 6.45) is 9.28. The Labute approximate surface area is 155 Å². The Morgan fingerprint density at radius 3 is 2.68 bits per heavy atom. The van der Waals surface area contributed by atoms with Crippen LogP contribution in [0, 0.1) is 18.8 Å². The molecule has 1 saturated carbocycles. The van der Waals surface area contributed by atoms with Gasteiger partial charge >= 0.3 is 0 Å². The number of thiazole rings is 1. The molecule has 6 heteroatoms. The van der Waals surface area contributed by atoms with Gasteiger partial charge in [-0.3, -0.25) is 9.59 Å². The molecule has 1 aromatic rings. The van der Waals surface area contributed by atoms with Gasteiger partial charge in [0.2, 0.25) is 11.8 Å². The second-order valence-electron chi connectivity index (χ2n) is 7.51. The first-order valence-electron chi connectivity index (χ1n) is 9.44. The molecule has 0 aromatic carbocycles. The van der Waals surface area contributed by atoms with Gasteiger partial charge in [0, 0.05) is 24.0 Å². The first kappa shape index (κ1) is 19.9. The minimum Gasteiger partial charge on any atom is -0.333 e. The molecule has 0 bridgehead atoms. The Hall–Kier alpha value is -1.43. The van der Waals surface area contributed by atoms with E-state index in [1.165, 1.54) is 37.0 Å². The number of rotatable bonds is 9. The van der Waals surface area contributed by atoms with Crippen molar-refractivity contribution in [2.24, 2.45) is 11.8 Å². The molecule has 1 aliphatic carbocycles. The predicted molar refractivity (Wildman–Crippen MR) is 103 cm³/mol. The van der Waals surface area contributed by atoms with Crippen LogP contribution >= 0.6 is 11.3 Å². The lowest BCUT2D eigenvalue weighted by atomic mass is 10.0. The van der Waals surface area contributed by atoms with Gasteiger partial charge in [0.25, 0.3) is 0 Å². The molecule has 0 radical (unpaired) electrons. The number of nitrogens with zero attached hydrogens (tertiary/aromatic N) is 2. The first-order valence-corrected chi connectivity index (χ1v) is 10.3. The lowest BCUT2D eigenvalue weighted by Crippen LogP contribution is -2.39. The van der Waals surface area contributed by atoms with Crippen molar-refractivity contribution in [2.75, 3.05) is 18.4 Å². The maximum absolute atomic E-state index is 12.6. The molecule has 0 saturated heterocycles. The van der Waals surface area contributed by atoms with Gasteiger partial charge in [-0.25, -0.2) is 4.98 Å². The highest BCUT2D eigenvalue weighted by atomic mass is 32.1. The Kier molecular flexibility index (Phi) is 7.88. The molecule has 2 amide bonds. The van der Waals surface area contributed by atoms with E-state index in [-0.39, 0.29) is 18.4 Å². The summed E-state index contributed by atoms with van der Waals surface area (Å²) in [6, 6.07) is 0.